The van der Waals surface area contributed by atoms with E-state index < -0.39 is 0 Å². The minimum Gasteiger partial charge on any atom is -0.464 e. The molecule has 0 saturated carbocycles. The molecule has 0 bridgehead atoms. The molecule has 0 aromatic carbocycles. The predicted molar refractivity (Wildman–Crippen MR) is 92.4 cm³/mol. The first kappa shape index (κ1) is 20.3. The molecule has 0 spiro atoms. The molecule has 124 valence electrons. The third-order valence-corrected chi connectivity index (χ3v) is 3.53. The quantitative estimate of drug-likeness (QED) is 0.411. The lowest BCUT2D eigenvalue weighted by atomic mass is 10.1. The second-order valence-corrected chi connectivity index (χ2v) is 5.64. The molecule has 4 nitrogen and oxygen atoms in total. The summed E-state index contributed by atoms with van der Waals surface area (Å²) in [5.74, 6) is -0.118. The van der Waals surface area contributed by atoms with Crippen molar-refractivity contribution in [3.63, 3.8) is 0 Å². The number of hydrogen-bond acceptors (Lipinski definition) is 4. The first-order valence-electron chi connectivity index (χ1n) is 8.00. The highest BCUT2D eigenvalue weighted by molar-refractivity contribution is 8.93. The Labute approximate surface area is 140 Å². The van der Waals surface area contributed by atoms with Crippen LogP contribution in [0.1, 0.15) is 58.3 Å². The Morgan fingerprint density at radius 3 is 2.24 bits per heavy atom. The van der Waals surface area contributed by atoms with Crippen molar-refractivity contribution in [3.8, 4) is 0 Å². The minimum absolute atomic E-state index is 0. The van der Waals surface area contributed by atoms with Gasteiger partial charge in [-0.25, -0.2) is 0 Å². The van der Waals surface area contributed by atoms with Crippen LogP contribution in [0.4, 0.5) is 0 Å². The van der Waals surface area contributed by atoms with E-state index >= 15 is 0 Å². The van der Waals surface area contributed by atoms with Crippen molar-refractivity contribution >= 4 is 23.0 Å². The fourth-order valence-electron chi connectivity index (χ4n) is 2.33. The zero-order chi connectivity index (χ0) is 14.6. The molecule has 0 aliphatic carbocycles. The van der Waals surface area contributed by atoms with Crippen LogP contribution in [-0.4, -0.2) is 42.6 Å². The second-order valence-electron chi connectivity index (χ2n) is 5.64. The highest BCUT2D eigenvalue weighted by Gasteiger charge is 2.13. The van der Waals surface area contributed by atoms with E-state index in [-0.39, 0.29) is 23.0 Å². The molecule has 0 aromatic heterocycles. The van der Waals surface area contributed by atoms with Gasteiger partial charge in [0.25, 0.3) is 0 Å². The maximum atomic E-state index is 11.6. The van der Waals surface area contributed by atoms with Crippen LogP contribution in [0.5, 0.6) is 0 Å². The minimum atomic E-state index is -0.118. The van der Waals surface area contributed by atoms with Crippen LogP contribution in [0, 0.1) is 0 Å². The number of nitrogens with zero attached hydrogens (tertiary/aromatic N) is 2. The third-order valence-electron chi connectivity index (χ3n) is 3.53. The summed E-state index contributed by atoms with van der Waals surface area (Å²) >= 11 is 0. The number of hydrogen-bond donors (Lipinski definition) is 0. The summed E-state index contributed by atoms with van der Waals surface area (Å²) in [6, 6.07) is 0. The lowest BCUT2D eigenvalue weighted by Gasteiger charge is -2.16. The Hall–Kier alpha value is -0.710. The normalized spacial score (nSPS) is 13.4. The molecule has 0 fully saturated rings. The number of carbonyl (C=O) groups excluding carboxylic acids is 1. The zero-order valence-corrected chi connectivity index (χ0v) is 15.3. The predicted octanol–water partition coefficient (Wildman–Crippen LogP) is 3.92. The average Bonchev–Trinajstić information content (AvgIpc) is 2.82. The van der Waals surface area contributed by atoms with E-state index in [1.54, 1.807) is 0 Å². The Balaban J connectivity index is 0.00000400. The number of ether oxygens (including phenoxy) is 1. The van der Waals surface area contributed by atoms with Crippen LogP contribution in [0.15, 0.2) is 12.4 Å². The molecule has 0 N–H and O–H groups in total. The van der Waals surface area contributed by atoms with Crippen molar-refractivity contribution in [3.05, 3.63) is 12.4 Å². The largest absolute Gasteiger partial charge is 0.464 e. The Kier molecular flexibility index (Phi) is 12.5. The van der Waals surface area contributed by atoms with Gasteiger partial charge >= 0.3 is 5.97 Å². The molecule has 1 aliphatic heterocycles. The summed E-state index contributed by atoms with van der Waals surface area (Å²) in [6.07, 6.45) is 14.0. The van der Waals surface area contributed by atoms with Crippen molar-refractivity contribution in [2.45, 2.75) is 58.3 Å². The van der Waals surface area contributed by atoms with Crippen LogP contribution in [-0.2, 0) is 9.53 Å². The number of carbonyl (C=O) groups is 1. The van der Waals surface area contributed by atoms with Crippen LogP contribution in [0.3, 0.4) is 0 Å². The summed E-state index contributed by atoms with van der Waals surface area (Å²) < 4.78 is 5.25. The SMILES string of the molecule is Br.CCCCCCCCCCOC(=O)CN1C=CN(C)C1. The monoisotopic (exact) mass is 362 g/mol. The van der Waals surface area contributed by atoms with E-state index in [1.165, 1.54) is 44.9 Å². The van der Waals surface area contributed by atoms with Gasteiger partial charge in [0.15, 0.2) is 0 Å². The van der Waals surface area contributed by atoms with Gasteiger partial charge in [0.2, 0.25) is 0 Å². The Bertz CT molecular complexity index is 298. The first-order chi connectivity index (χ1) is 9.72. The summed E-state index contributed by atoms with van der Waals surface area (Å²) in [7, 11) is 1.99. The summed E-state index contributed by atoms with van der Waals surface area (Å²) in [6.45, 7) is 3.94. The fourth-order valence-corrected chi connectivity index (χ4v) is 2.33. The van der Waals surface area contributed by atoms with Gasteiger partial charge in [-0.15, -0.1) is 17.0 Å². The van der Waals surface area contributed by atoms with E-state index in [1.807, 2.05) is 29.2 Å². The van der Waals surface area contributed by atoms with Gasteiger partial charge in [-0.05, 0) is 6.42 Å². The van der Waals surface area contributed by atoms with Gasteiger partial charge in [-0.1, -0.05) is 51.9 Å². The van der Waals surface area contributed by atoms with E-state index in [0.717, 1.165) is 13.1 Å². The molecular weight excluding hydrogens is 332 g/mol. The molecule has 1 heterocycles. The highest BCUT2D eigenvalue weighted by Crippen LogP contribution is 2.08. The molecule has 21 heavy (non-hydrogen) atoms. The summed E-state index contributed by atoms with van der Waals surface area (Å²) in [5.41, 5.74) is 0. The number of rotatable bonds is 11. The Morgan fingerprint density at radius 2 is 1.67 bits per heavy atom. The van der Waals surface area contributed by atoms with Gasteiger partial charge < -0.3 is 14.5 Å². The molecule has 5 heteroatoms. The fraction of sp³-hybridized carbons (Fsp3) is 0.812. The van der Waals surface area contributed by atoms with Crippen LogP contribution in [0.2, 0.25) is 0 Å². The first-order valence-corrected chi connectivity index (χ1v) is 8.00. The topological polar surface area (TPSA) is 32.8 Å². The van der Waals surface area contributed by atoms with Gasteiger partial charge in [-0.2, -0.15) is 0 Å². The number of halogens is 1. The van der Waals surface area contributed by atoms with Gasteiger partial charge in [0, 0.05) is 19.4 Å². The zero-order valence-electron chi connectivity index (χ0n) is 13.6. The van der Waals surface area contributed by atoms with E-state index in [2.05, 4.69) is 6.92 Å². The van der Waals surface area contributed by atoms with Crippen molar-refractivity contribution in [2.75, 3.05) is 26.9 Å². The summed E-state index contributed by atoms with van der Waals surface area (Å²) in [5, 5.41) is 0. The van der Waals surface area contributed by atoms with Crippen LogP contribution < -0.4 is 0 Å². The molecule has 0 radical (unpaired) electrons. The summed E-state index contributed by atoms with van der Waals surface area (Å²) in [4.78, 5) is 15.6. The molecule has 0 amide bonds. The maximum absolute atomic E-state index is 11.6. The standard InChI is InChI=1S/C16H30N2O2.BrH/c1-3-4-5-6-7-8-9-10-13-20-16(19)14-18-12-11-17(2)15-18;/h11-12H,3-10,13-15H2,1-2H3;1H. The molecule has 0 aromatic rings. The van der Waals surface area contributed by atoms with Gasteiger partial charge in [0.1, 0.15) is 6.54 Å². The Morgan fingerprint density at radius 1 is 1.05 bits per heavy atom. The second kappa shape index (κ2) is 13.0. The van der Waals surface area contributed by atoms with Crippen molar-refractivity contribution in [2.24, 2.45) is 0 Å². The molecule has 1 rings (SSSR count). The van der Waals surface area contributed by atoms with Crippen LogP contribution >= 0.6 is 17.0 Å². The van der Waals surface area contributed by atoms with Crippen molar-refractivity contribution in [1.29, 1.82) is 0 Å². The lowest BCUT2D eigenvalue weighted by Crippen LogP contribution is -2.29. The molecular formula is C16H31BrN2O2. The van der Waals surface area contributed by atoms with Crippen molar-refractivity contribution in [1.82, 2.24) is 9.80 Å². The third kappa shape index (κ3) is 10.6. The number of esters is 1. The van der Waals surface area contributed by atoms with Crippen molar-refractivity contribution < 1.29 is 9.53 Å². The van der Waals surface area contributed by atoms with Gasteiger partial charge in [0.05, 0.1) is 13.3 Å². The smallest absolute Gasteiger partial charge is 0.325 e. The molecule has 1 aliphatic rings. The molecule has 0 saturated heterocycles. The van der Waals surface area contributed by atoms with Crippen LogP contribution in [0.25, 0.3) is 0 Å². The average molecular weight is 363 g/mol. The maximum Gasteiger partial charge on any atom is 0.325 e. The lowest BCUT2D eigenvalue weighted by molar-refractivity contribution is -0.144. The number of unbranched alkanes of at least 4 members (excludes halogenated alkanes) is 7. The molecule has 0 unspecified atom stereocenters. The highest BCUT2D eigenvalue weighted by atomic mass is 79.9. The van der Waals surface area contributed by atoms with E-state index in [0.29, 0.717) is 13.2 Å². The van der Waals surface area contributed by atoms with E-state index in [4.69, 9.17) is 4.74 Å². The molecule has 0 atom stereocenters. The van der Waals surface area contributed by atoms with E-state index in [9.17, 15) is 4.79 Å². The van der Waals surface area contributed by atoms with Gasteiger partial charge in [-0.3, -0.25) is 4.79 Å².